The van der Waals surface area contributed by atoms with Crippen LogP contribution in [0.3, 0.4) is 0 Å². The molecule has 2 heterocycles. The molecule has 3 rings (SSSR count). The van der Waals surface area contributed by atoms with E-state index in [9.17, 15) is 24.0 Å². The highest BCUT2D eigenvalue weighted by atomic mass is 17.2. The highest BCUT2D eigenvalue weighted by molar-refractivity contribution is 6.06. The molecule has 0 bridgehead atoms. The SMILES string of the molecule is CCC(OC1CCCCO1)(C(=O)OC)C(=O)OOC(=O)C(OC1CCCCO1)(C(=O)OC)C(c1cccc(C(C)(C)COC(C)=O)c1)C(C)(C)C. The van der Waals surface area contributed by atoms with E-state index in [0.29, 0.717) is 38.0 Å². The van der Waals surface area contributed by atoms with Gasteiger partial charge in [0.25, 0.3) is 11.2 Å². The summed E-state index contributed by atoms with van der Waals surface area (Å²) >= 11 is 0. The van der Waals surface area contributed by atoms with Crippen LogP contribution in [0, 0.1) is 5.41 Å². The summed E-state index contributed by atoms with van der Waals surface area (Å²) in [4.78, 5) is 77.5. The van der Waals surface area contributed by atoms with Crippen LogP contribution in [0.1, 0.15) is 110 Å². The van der Waals surface area contributed by atoms with Crippen molar-refractivity contribution >= 4 is 29.8 Å². The normalized spacial score (nSPS) is 21.2. The Hall–Kier alpha value is -3.59. The van der Waals surface area contributed by atoms with Gasteiger partial charge in [0.1, 0.15) is 6.61 Å². The molecule has 51 heavy (non-hydrogen) atoms. The van der Waals surface area contributed by atoms with Gasteiger partial charge in [0.05, 0.1) is 14.2 Å². The zero-order chi connectivity index (χ0) is 38.0. The summed E-state index contributed by atoms with van der Waals surface area (Å²) < 4.78 is 39.2. The molecule has 0 amide bonds. The molecule has 0 saturated carbocycles. The summed E-state index contributed by atoms with van der Waals surface area (Å²) in [7, 11) is 2.17. The van der Waals surface area contributed by atoms with Gasteiger partial charge >= 0.3 is 29.8 Å². The quantitative estimate of drug-likeness (QED) is 0.0829. The Bertz CT molecular complexity index is 1370. The highest BCUT2D eigenvalue weighted by Crippen LogP contribution is 2.48. The van der Waals surface area contributed by atoms with Gasteiger partial charge in [-0.1, -0.05) is 65.8 Å². The minimum Gasteiger partial charge on any atom is -0.466 e. The summed E-state index contributed by atoms with van der Waals surface area (Å²) in [6.45, 7) is 12.7. The predicted molar refractivity (Wildman–Crippen MR) is 180 cm³/mol. The smallest absolute Gasteiger partial charge is 0.399 e. The van der Waals surface area contributed by atoms with Gasteiger partial charge < -0.3 is 33.2 Å². The number of ether oxygens (including phenoxy) is 7. The molecule has 5 unspecified atom stereocenters. The van der Waals surface area contributed by atoms with Crippen molar-refractivity contribution in [2.75, 3.05) is 34.0 Å². The lowest BCUT2D eigenvalue weighted by Gasteiger charge is -2.44. The molecule has 0 aliphatic carbocycles. The molecule has 2 fully saturated rings. The molecule has 5 atom stereocenters. The van der Waals surface area contributed by atoms with Gasteiger partial charge in [-0.3, -0.25) is 4.79 Å². The van der Waals surface area contributed by atoms with Crippen molar-refractivity contribution in [1.82, 2.24) is 0 Å². The van der Waals surface area contributed by atoms with E-state index in [-0.39, 0.29) is 13.0 Å². The van der Waals surface area contributed by atoms with Crippen molar-refractivity contribution in [1.29, 1.82) is 0 Å². The monoisotopic (exact) mass is 722 g/mol. The zero-order valence-electron chi connectivity index (χ0n) is 31.3. The van der Waals surface area contributed by atoms with Gasteiger partial charge in [-0.25, -0.2) is 29.0 Å². The predicted octanol–water partition coefficient (Wildman–Crippen LogP) is 4.98. The summed E-state index contributed by atoms with van der Waals surface area (Å²) in [5.74, 6) is -6.64. The van der Waals surface area contributed by atoms with Crippen LogP contribution in [0.2, 0.25) is 0 Å². The third kappa shape index (κ3) is 9.85. The van der Waals surface area contributed by atoms with E-state index in [1.807, 2.05) is 19.9 Å². The third-order valence-electron chi connectivity index (χ3n) is 9.16. The molecule has 2 saturated heterocycles. The third-order valence-corrected chi connectivity index (χ3v) is 9.16. The summed E-state index contributed by atoms with van der Waals surface area (Å²) in [6, 6.07) is 7.10. The van der Waals surface area contributed by atoms with E-state index in [1.54, 1.807) is 39.0 Å². The van der Waals surface area contributed by atoms with Crippen LogP contribution in [-0.2, 0) is 72.3 Å². The van der Waals surface area contributed by atoms with Crippen molar-refractivity contribution in [3.8, 4) is 0 Å². The lowest BCUT2D eigenvalue weighted by molar-refractivity contribution is -0.305. The lowest BCUT2D eigenvalue weighted by Crippen LogP contribution is -2.60. The number of esters is 3. The first kappa shape index (κ1) is 41.8. The number of carbonyl (C=O) groups is 5. The second kappa shape index (κ2) is 17.8. The van der Waals surface area contributed by atoms with Gasteiger partial charge in [-0.2, -0.15) is 0 Å². The second-order valence-corrected chi connectivity index (χ2v) is 14.6. The Labute approximate surface area is 299 Å². The fourth-order valence-corrected chi connectivity index (χ4v) is 6.45. The summed E-state index contributed by atoms with van der Waals surface area (Å²) in [6.07, 6.45) is 1.46. The maximum Gasteiger partial charge on any atom is 0.399 e. The molecule has 0 N–H and O–H groups in total. The Morgan fingerprint density at radius 3 is 1.84 bits per heavy atom. The number of methoxy groups -OCH3 is 2. The molecule has 14 nitrogen and oxygen atoms in total. The van der Waals surface area contributed by atoms with Gasteiger partial charge in [-0.05, 0) is 61.5 Å². The van der Waals surface area contributed by atoms with E-state index in [2.05, 4.69) is 0 Å². The number of benzene rings is 1. The molecule has 2 aliphatic rings. The van der Waals surface area contributed by atoms with Crippen LogP contribution in [0.15, 0.2) is 24.3 Å². The molecule has 286 valence electrons. The minimum atomic E-state index is -2.61. The van der Waals surface area contributed by atoms with E-state index >= 15 is 0 Å². The van der Waals surface area contributed by atoms with Crippen LogP contribution in [0.4, 0.5) is 0 Å². The van der Waals surface area contributed by atoms with Crippen LogP contribution in [0.25, 0.3) is 0 Å². The Kier molecular flexibility index (Phi) is 14.6. The fourth-order valence-electron chi connectivity index (χ4n) is 6.45. The minimum absolute atomic E-state index is 0.0614. The molecule has 0 aromatic heterocycles. The van der Waals surface area contributed by atoms with E-state index in [1.165, 1.54) is 13.8 Å². The molecule has 0 spiro atoms. The van der Waals surface area contributed by atoms with Crippen molar-refractivity contribution < 1.29 is 66.9 Å². The molecule has 1 aromatic rings. The van der Waals surface area contributed by atoms with Crippen LogP contribution in [0.5, 0.6) is 0 Å². The summed E-state index contributed by atoms with van der Waals surface area (Å²) in [5, 5.41) is 0. The molecule has 1 aromatic carbocycles. The molecule has 2 aliphatic heterocycles. The first-order valence-electron chi connectivity index (χ1n) is 17.4. The van der Waals surface area contributed by atoms with Crippen molar-refractivity contribution in [2.24, 2.45) is 5.41 Å². The number of carbonyl (C=O) groups excluding carboxylic acids is 5. The average molecular weight is 723 g/mol. The Morgan fingerprint density at radius 2 is 1.35 bits per heavy atom. The zero-order valence-corrected chi connectivity index (χ0v) is 31.3. The van der Waals surface area contributed by atoms with Crippen molar-refractivity contribution in [3.63, 3.8) is 0 Å². The van der Waals surface area contributed by atoms with Crippen LogP contribution in [-0.4, -0.2) is 87.7 Å². The maximum atomic E-state index is 14.6. The van der Waals surface area contributed by atoms with Gasteiger partial charge in [-0.15, -0.1) is 0 Å². The molecule has 14 heteroatoms. The van der Waals surface area contributed by atoms with Crippen LogP contribution < -0.4 is 0 Å². The average Bonchev–Trinajstić information content (AvgIpc) is 3.11. The maximum absolute atomic E-state index is 14.6. The molecular weight excluding hydrogens is 668 g/mol. The first-order valence-corrected chi connectivity index (χ1v) is 17.4. The number of rotatable bonds is 14. The van der Waals surface area contributed by atoms with Crippen molar-refractivity contribution in [3.05, 3.63) is 35.4 Å². The standard InChI is InChI=1S/C37H54O14/c1-10-36(30(39)43-8,48-27-18-11-13-20-45-27)31(40)50-51-33(42)37(32(41)44-9,49-28-19-12-14-21-46-28)29(34(3,4)5)25-16-15-17-26(22-25)35(6,7)23-47-24(2)38/h15-17,22,27-29H,10-14,18-21,23H2,1-9H3. The first-order chi connectivity index (χ1) is 24.0. The van der Waals surface area contributed by atoms with E-state index in [4.69, 9.17) is 42.9 Å². The van der Waals surface area contributed by atoms with Gasteiger partial charge in [0.15, 0.2) is 12.6 Å². The van der Waals surface area contributed by atoms with E-state index in [0.717, 1.165) is 39.0 Å². The number of hydrogen-bond acceptors (Lipinski definition) is 14. The second-order valence-electron chi connectivity index (χ2n) is 14.6. The Balaban J connectivity index is 2.14. The van der Waals surface area contributed by atoms with Gasteiger partial charge in [0, 0.05) is 31.5 Å². The van der Waals surface area contributed by atoms with Gasteiger partial charge in [0.2, 0.25) is 0 Å². The highest BCUT2D eigenvalue weighted by Gasteiger charge is 2.63. The molecular formula is C37H54O14. The lowest BCUT2D eigenvalue weighted by atomic mass is 9.66. The fraction of sp³-hybridized carbons (Fsp3) is 0.703. The Morgan fingerprint density at radius 1 is 0.784 bits per heavy atom. The molecule has 0 radical (unpaired) electrons. The van der Waals surface area contributed by atoms with E-state index < -0.39 is 70.4 Å². The topological polar surface area (TPSA) is 168 Å². The van der Waals surface area contributed by atoms with Crippen LogP contribution >= 0.6 is 0 Å². The largest absolute Gasteiger partial charge is 0.466 e. The summed E-state index contributed by atoms with van der Waals surface area (Å²) in [5.41, 5.74) is -5.39. The number of hydrogen-bond donors (Lipinski definition) is 0. The van der Waals surface area contributed by atoms with Crippen molar-refractivity contribution in [2.45, 2.75) is 129 Å².